The number of aliphatic hydroxyl groups is 1. The van der Waals surface area contributed by atoms with Gasteiger partial charge < -0.3 is 24.8 Å². The van der Waals surface area contributed by atoms with Crippen molar-refractivity contribution in [3.05, 3.63) is 23.8 Å². The van der Waals surface area contributed by atoms with E-state index in [1.165, 1.54) is 0 Å². The highest BCUT2D eigenvalue weighted by molar-refractivity contribution is 5.94. The lowest BCUT2D eigenvalue weighted by molar-refractivity contribution is 0.0252. The lowest BCUT2D eigenvalue weighted by Gasteiger charge is -2.28. The first-order valence-corrected chi connectivity index (χ1v) is 6.66. The third kappa shape index (κ3) is 2.44. The minimum atomic E-state index is -0.833. The van der Waals surface area contributed by atoms with Crippen LogP contribution in [0.15, 0.2) is 18.2 Å². The molecular weight excluding hydrogens is 260 g/mol. The predicted molar refractivity (Wildman–Crippen MR) is 72.0 cm³/mol. The number of likely N-dealkylation sites (N-methyl/N-ethyl adjacent to an activating group) is 1. The third-order valence-electron chi connectivity index (χ3n) is 3.72. The fraction of sp³-hybridized carbons (Fsp3) is 0.500. The number of nitrogens with zero attached hydrogens (tertiary/aromatic N) is 1. The van der Waals surface area contributed by atoms with Gasteiger partial charge in [-0.15, -0.1) is 0 Å². The summed E-state index contributed by atoms with van der Waals surface area (Å²) in [7, 11) is 1.70. The lowest BCUT2D eigenvalue weighted by atomic mass is 10.0. The molecule has 6 heteroatoms. The lowest BCUT2D eigenvalue weighted by Crippen LogP contribution is -2.45. The van der Waals surface area contributed by atoms with Crippen molar-refractivity contribution in [1.29, 1.82) is 0 Å². The number of carbonyl (C=O) groups excluding carboxylic acids is 1. The van der Waals surface area contributed by atoms with E-state index in [4.69, 9.17) is 9.47 Å². The number of β-amino-alcohol motifs (C(OH)–C–C–N with tert-alkyl or cyclic N) is 1. The normalized spacial score (nSPS) is 23.9. The zero-order valence-electron chi connectivity index (χ0n) is 11.4. The molecule has 1 saturated heterocycles. The standard InChI is InChI=1S/C14H18N2O4/c1-16(8-14(18)4-5-15-7-14)13(17)10-2-3-11-12(6-10)20-9-19-11/h2-3,6,15,18H,4-5,7-9H2,1H3. The van der Waals surface area contributed by atoms with Crippen molar-refractivity contribution in [2.45, 2.75) is 12.0 Å². The molecule has 0 spiro atoms. The molecular formula is C14H18N2O4. The van der Waals surface area contributed by atoms with E-state index in [1.54, 1.807) is 30.1 Å². The first kappa shape index (κ1) is 13.2. The van der Waals surface area contributed by atoms with Crippen molar-refractivity contribution >= 4 is 5.91 Å². The van der Waals surface area contributed by atoms with Crippen LogP contribution in [0.2, 0.25) is 0 Å². The number of benzene rings is 1. The summed E-state index contributed by atoms with van der Waals surface area (Å²) >= 11 is 0. The maximum absolute atomic E-state index is 12.4. The number of hydrogen-bond acceptors (Lipinski definition) is 5. The van der Waals surface area contributed by atoms with Crippen LogP contribution in [-0.2, 0) is 0 Å². The summed E-state index contributed by atoms with van der Waals surface area (Å²) in [6, 6.07) is 5.12. The van der Waals surface area contributed by atoms with Gasteiger partial charge in [-0.25, -0.2) is 0 Å². The van der Waals surface area contributed by atoms with Crippen molar-refractivity contribution in [1.82, 2.24) is 10.2 Å². The van der Waals surface area contributed by atoms with Crippen LogP contribution >= 0.6 is 0 Å². The Labute approximate surface area is 117 Å². The van der Waals surface area contributed by atoms with E-state index in [0.717, 1.165) is 6.54 Å². The van der Waals surface area contributed by atoms with Crippen molar-refractivity contribution in [2.24, 2.45) is 0 Å². The van der Waals surface area contributed by atoms with Gasteiger partial charge in [0, 0.05) is 19.2 Å². The second-order valence-corrected chi connectivity index (χ2v) is 5.38. The Morgan fingerprint density at radius 2 is 2.25 bits per heavy atom. The predicted octanol–water partition coefficient (Wildman–Crippen LogP) is 0.212. The van der Waals surface area contributed by atoms with E-state index < -0.39 is 5.60 Å². The molecule has 0 saturated carbocycles. The maximum atomic E-state index is 12.4. The largest absolute Gasteiger partial charge is 0.454 e. The Bertz CT molecular complexity index is 526. The molecule has 6 nitrogen and oxygen atoms in total. The van der Waals surface area contributed by atoms with Gasteiger partial charge in [0.2, 0.25) is 6.79 Å². The second-order valence-electron chi connectivity index (χ2n) is 5.38. The Hall–Kier alpha value is -1.79. The highest BCUT2D eigenvalue weighted by atomic mass is 16.7. The van der Waals surface area contributed by atoms with Crippen molar-refractivity contribution in [3.63, 3.8) is 0 Å². The molecule has 1 aromatic rings. The average molecular weight is 278 g/mol. The molecule has 1 fully saturated rings. The number of rotatable bonds is 3. The monoisotopic (exact) mass is 278 g/mol. The van der Waals surface area contributed by atoms with Gasteiger partial charge in [0.1, 0.15) is 0 Å². The van der Waals surface area contributed by atoms with Gasteiger partial charge >= 0.3 is 0 Å². The number of amides is 1. The Morgan fingerprint density at radius 3 is 3.00 bits per heavy atom. The first-order valence-electron chi connectivity index (χ1n) is 6.66. The molecule has 0 bridgehead atoms. The number of ether oxygens (including phenoxy) is 2. The van der Waals surface area contributed by atoms with Gasteiger partial charge in [-0.1, -0.05) is 0 Å². The summed E-state index contributed by atoms with van der Waals surface area (Å²) in [5, 5.41) is 13.4. The SMILES string of the molecule is CN(CC1(O)CCNC1)C(=O)c1ccc2c(c1)OCO2. The zero-order valence-corrected chi connectivity index (χ0v) is 11.4. The topological polar surface area (TPSA) is 71.0 Å². The molecule has 0 aromatic heterocycles. The fourth-order valence-electron chi connectivity index (χ4n) is 2.63. The molecule has 2 aliphatic rings. The molecule has 1 atom stereocenters. The van der Waals surface area contributed by atoms with Crippen LogP contribution in [-0.4, -0.2) is 55.0 Å². The minimum absolute atomic E-state index is 0.136. The molecule has 0 aliphatic carbocycles. The van der Waals surface area contributed by atoms with Gasteiger partial charge in [-0.05, 0) is 31.2 Å². The summed E-state index contributed by atoms with van der Waals surface area (Å²) in [5.74, 6) is 1.11. The quantitative estimate of drug-likeness (QED) is 0.827. The Kier molecular flexibility index (Phi) is 3.27. The van der Waals surface area contributed by atoms with Gasteiger partial charge in [0.25, 0.3) is 5.91 Å². The molecule has 0 radical (unpaired) electrons. The number of carbonyl (C=O) groups is 1. The van der Waals surface area contributed by atoms with Crippen LogP contribution < -0.4 is 14.8 Å². The molecule has 108 valence electrons. The zero-order chi connectivity index (χ0) is 14.2. The summed E-state index contributed by atoms with van der Waals surface area (Å²) in [5.41, 5.74) is -0.299. The maximum Gasteiger partial charge on any atom is 0.253 e. The van der Waals surface area contributed by atoms with E-state index >= 15 is 0 Å². The summed E-state index contributed by atoms with van der Waals surface area (Å²) in [6.07, 6.45) is 0.658. The minimum Gasteiger partial charge on any atom is -0.454 e. The number of fused-ring (bicyclic) bond motifs is 1. The molecule has 2 N–H and O–H groups in total. The fourth-order valence-corrected chi connectivity index (χ4v) is 2.63. The number of nitrogens with one attached hydrogen (secondary N) is 1. The van der Waals surface area contributed by atoms with Gasteiger partial charge in [-0.2, -0.15) is 0 Å². The van der Waals surface area contributed by atoms with Gasteiger partial charge in [0.15, 0.2) is 11.5 Å². The average Bonchev–Trinajstić information content (AvgIpc) is 3.05. The van der Waals surface area contributed by atoms with Gasteiger partial charge in [-0.3, -0.25) is 4.79 Å². The van der Waals surface area contributed by atoms with E-state index in [0.29, 0.717) is 36.6 Å². The molecule has 1 aromatic carbocycles. The molecule has 1 unspecified atom stereocenters. The third-order valence-corrected chi connectivity index (χ3v) is 3.72. The Morgan fingerprint density at radius 1 is 1.45 bits per heavy atom. The molecule has 2 aliphatic heterocycles. The highest BCUT2D eigenvalue weighted by Gasteiger charge is 2.33. The van der Waals surface area contributed by atoms with E-state index in [-0.39, 0.29) is 12.7 Å². The highest BCUT2D eigenvalue weighted by Crippen LogP contribution is 2.32. The molecule has 20 heavy (non-hydrogen) atoms. The first-order chi connectivity index (χ1) is 9.57. The van der Waals surface area contributed by atoms with E-state index in [9.17, 15) is 9.90 Å². The van der Waals surface area contributed by atoms with E-state index in [2.05, 4.69) is 5.32 Å². The summed E-state index contributed by atoms with van der Waals surface area (Å²) < 4.78 is 10.5. The van der Waals surface area contributed by atoms with Crippen LogP contribution in [0.3, 0.4) is 0 Å². The van der Waals surface area contributed by atoms with Gasteiger partial charge in [0.05, 0.1) is 12.1 Å². The second kappa shape index (κ2) is 4.96. The molecule has 2 heterocycles. The summed E-state index contributed by atoms with van der Waals surface area (Å²) in [6.45, 7) is 1.80. The van der Waals surface area contributed by atoms with Crippen LogP contribution in [0, 0.1) is 0 Å². The number of hydrogen-bond donors (Lipinski definition) is 2. The van der Waals surface area contributed by atoms with Crippen LogP contribution in [0.1, 0.15) is 16.8 Å². The van der Waals surface area contributed by atoms with Crippen molar-refractivity contribution in [2.75, 3.05) is 33.5 Å². The van der Waals surface area contributed by atoms with E-state index in [1.807, 2.05) is 0 Å². The smallest absolute Gasteiger partial charge is 0.253 e. The van der Waals surface area contributed by atoms with Crippen LogP contribution in [0.5, 0.6) is 11.5 Å². The van der Waals surface area contributed by atoms with Crippen molar-refractivity contribution < 1.29 is 19.4 Å². The van der Waals surface area contributed by atoms with Crippen molar-refractivity contribution in [3.8, 4) is 11.5 Å². The Balaban J connectivity index is 1.71. The summed E-state index contributed by atoms with van der Waals surface area (Å²) in [4.78, 5) is 13.9. The van der Waals surface area contributed by atoms with Crippen LogP contribution in [0.4, 0.5) is 0 Å². The van der Waals surface area contributed by atoms with Crippen LogP contribution in [0.25, 0.3) is 0 Å². The molecule has 3 rings (SSSR count). The molecule has 1 amide bonds.